The van der Waals surface area contributed by atoms with Gasteiger partial charge in [0.05, 0.1) is 6.20 Å². The standard InChI is InChI=1S/C6H3ClFIN4/c7-6-12-1-2(8)4(13-6)3(10)5(9)11/h1,10-11H. The first kappa shape index (κ1) is 10.5. The van der Waals surface area contributed by atoms with Crippen LogP contribution >= 0.6 is 34.2 Å². The van der Waals surface area contributed by atoms with Crippen LogP contribution in [0.2, 0.25) is 5.28 Å². The number of rotatable bonds is 2. The van der Waals surface area contributed by atoms with Gasteiger partial charge in [-0.25, -0.2) is 14.4 Å². The normalized spacial score (nSPS) is 9.77. The third-order valence-electron chi connectivity index (χ3n) is 1.17. The highest BCUT2D eigenvalue weighted by Crippen LogP contribution is 2.09. The van der Waals surface area contributed by atoms with Crippen LogP contribution in [0.3, 0.4) is 0 Å². The van der Waals surface area contributed by atoms with Crippen LogP contribution in [-0.4, -0.2) is 19.4 Å². The Bertz CT molecular complexity index is 381. The van der Waals surface area contributed by atoms with Crippen LogP contribution in [0.5, 0.6) is 0 Å². The highest BCUT2D eigenvalue weighted by molar-refractivity contribution is 14.1. The fourth-order valence-corrected chi connectivity index (χ4v) is 1.01. The maximum Gasteiger partial charge on any atom is 0.223 e. The van der Waals surface area contributed by atoms with E-state index in [1.54, 1.807) is 22.6 Å². The average molecular weight is 312 g/mol. The van der Waals surface area contributed by atoms with Crippen molar-refractivity contribution in [3.63, 3.8) is 0 Å². The molecule has 0 radical (unpaired) electrons. The molecule has 0 aliphatic rings. The monoisotopic (exact) mass is 312 g/mol. The van der Waals surface area contributed by atoms with E-state index < -0.39 is 5.82 Å². The third kappa shape index (κ3) is 2.41. The molecule has 0 aliphatic carbocycles. The van der Waals surface area contributed by atoms with E-state index in [1.165, 1.54) is 0 Å². The molecule has 1 rings (SSSR count). The zero-order chi connectivity index (χ0) is 10.0. The van der Waals surface area contributed by atoms with Crippen LogP contribution in [0.1, 0.15) is 5.69 Å². The molecule has 1 aromatic heterocycles. The minimum Gasteiger partial charge on any atom is -0.296 e. The van der Waals surface area contributed by atoms with Gasteiger partial charge in [-0.1, -0.05) is 0 Å². The van der Waals surface area contributed by atoms with E-state index in [2.05, 4.69) is 9.97 Å². The van der Waals surface area contributed by atoms with E-state index in [9.17, 15) is 4.39 Å². The Balaban J connectivity index is 3.21. The van der Waals surface area contributed by atoms with Gasteiger partial charge in [-0.05, 0) is 34.2 Å². The Labute approximate surface area is 91.7 Å². The van der Waals surface area contributed by atoms with E-state index in [-0.39, 0.29) is 20.4 Å². The van der Waals surface area contributed by atoms with Crippen molar-refractivity contribution in [1.29, 1.82) is 10.8 Å². The largest absolute Gasteiger partial charge is 0.296 e. The minimum absolute atomic E-state index is 0.105. The van der Waals surface area contributed by atoms with Crippen molar-refractivity contribution in [2.24, 2.45) is 0 Å². The fourth-order valence-electron chi connectivity index (χ4n) is 0.625. The summed E-state index contributed by atoms with van der Waals surface area (Å²) in [5.41, 5.74) is -0.554. The molecule has 13 heavy (non-hydrogen) atoms. The molecule has 0 atom stereocenters. The van der Waals surface area contributed by atoms with Gasteiger partial charge in [0.1, 0.15) is 15.1 Å². The highest BCUT2D eigenvalue weighted by atomic mass is 127. The summed E-state index contributed by atoms with van der Waals surface area (Å²) < 4.78 is 12.9. The number of nitrogens with one attached hydrogen (secondary N) is 2. The summed E-state index contributed by atoms with van der Waals surface area (Å²) >= 11 is 7.00. The van der Waals surface area contributed by atoms with Crippen molar-refractivity contribution in [3.8, 4) is 0 Å². The SMILES string of the molecule is N=C(I)C(=N)c1nc(Cl)ncc1F. The van der Waals surface area contributed by atoms with Crippen LogP contribution in [0.4, 0.5) is 4.39 Å². The number of aromatic nitrogens is 2. The molecule has 4 nitrogen and oxygen atoms in total. The van der Waals surface area contributed by atoms with Crippen molar-refractivity contribution < 1.29 is 4.39 Å². The lowest BCUT2D eigenvalue weighted by Crippen LogP contribution is -2.11. The molecule has 0 aromatic carbocycles. The lowest BCUT2D eigenvalue weighted by molar-refractivity contribution is 0.610. The van der Waals surface area contributed by atoms with Gasteiger partial charge in [0.2, 0.25) is 5.28 Å². The number of hydrogen-bond donors (Lipinski definition) is 2. The zero-order valence-corrected chi connectivity index (χ0v) is 9.02. The van der Waals surface area contributed by atoms with E-state index >= 15 is 0 Å². The Kier molecular flexibility index (Phi) is 3.26. The van der Waals surface area contributed by atoms with Gasteiger partial charge in [0, 0.05) is 0 Å². The van der Waals surface area contributed by atoms with Crippen molar-refractivity contribution >= 4 is 43.6 Å². The minimum atomic E-state index is -0.754. The van der Waals surface area contributed by atoms with E-state index in [4.69, 9.17) is 22.4 Å². The van der Waals surface area contributed by atoms with Gasteiger partial charge in [-0.3, -0.25) is 10.8 Å². The fraction of sp³-hybridized carbons (Fsp3) is 0. The van der Waals surface area contributed by atoms with Crippen LogP contribution in [0.25, 0.3) is 0 Å². The maximum absolute atomic E-state index is 13.0. The summed E-state index contributed by atoms with van der Waals surface area (Å²) in [6, 6.07) is 0. The number of hydrogen-bond acceptors (Lipinski definition) is 4. The molecule has 2 N–H and O–H groups in total. The van der Waals surface area contributed by atoms with Crippen molar-refractivity contribution in [2.45, 2.75) is 0 Å². The molecule has 0 spiro atoms. The van der Waals surface area contributed by atoms with E-state index in [1.807, 2.05) is 0 Å². The predicted molar refractivity (Wildman–Crippen MR) is 55.6 cm³/mol. The van der Waals surface area contributed by atoms with E-state index in [0.717, 1.165) is 6.20 Å². The van der Waals surface area contributed by atoms with Crippen molar-refractivity contribution in [1.82, 2.24) is 9.97 Å². The number of halogens is 3. The molecule has 0 aliphatic heterocycles. The Hall–Kier alpha value is -0.630. The molecule has 7 heteroatoms. The van der Waals surface area contributed by atoms with Gasteiger partial charge in [-0.15, -0.1) is 0 Å². The summed E-state index contributed by atoms with van der Waals surface area (Å²) in [5, 5.41) is 14.3. The lowest BCUT2D eigenvalue weighted by Gasteiger charge is -2.00. The molecular formula is C6H3ClFIN4. The number of nitrogens with zero attached hydrogens (tertiary/aromatic N) is 2. The summed E-state index contributed by atoms with van der Waals surface area (Å²) in [6.45, 7) is 0. The van der Waals surface area contributed by atoms with Gasteiger partial charge in [0.25, 0.3) is 0 Å². The summed E-state index contributed by atoms with van der Waals surface area (Å²) in [7, 11) is 0. The predicted octanol–water partition coefficient (Wildman–Crippen LogP) is 2.05. The van der Waals surface area contributed by atoms with Crippen LogP contribution in [0, 0.1) is 16.6 Å². The summed E-state index contributed by atoms with van der Waals surface area (Å²) in [6.07, 6.45) is 0.874. The second-order valence-electron chi connectivity index (χ2n) is 2.02. The van der Waals surface area contributed by atoms with E-state index in [0.29, 0.717) is 0 Å². The smallest absolute Gasteiger partial charge is 0.223 e. The third-order valence-corrected chi connectivity index (χ3v) is 1.89. The van der Waals surface area contributed by atoms with Crippen LogP contribution in [0.15, 0.2) is 6.20 Å². The van der Waals surface area contributed by atoms with Gasteiger partial charge >= 0.3 is 0 Å². The molecule has 1 heterocycles. The first-order chi connectivity index (χ1) is 6.02. The summed E-state index contributed by atoms with van der Waals surface area (Å²) in [5.74, 6) is -0.754. The quantitative estimate of drug-likeness (QED) is 0.498. The maximum atomic E-state index is 13.0. The molecule has 1 aromatic rings. The Morgan fingerprint density at radius 3 is 2.69 bits per heavy atom. The Morgan fingerprint density at radius 1 is 1.54 bits per heavy atom. The Morgan fingerprint density at radius 2 is 2.15 bits per heavy atom. The molecule has 68 valence electrons. The van der Waals surface area contributed by atoms with Gasteiger partial charge in [0.15, 0.2) is 5.82 Å². The van der Waals surface area contributed by atoms with Crippen molar-refractivity contribution in [2.75, 3.05) is 0 Å². The zero-order valence-electron chi connectivity index (χ0n) is 6.11. The van der Waals surface area contributed by atoms with Crippen LogP contribution < -0.4 is 0 Å². The molecule has 0 saturated carbocycles. The highest BCUT2D eigenvalue weighted by Gasteiger charge is 2.13. The topological polar surface area (TPSA) is 73.5 Å². The van der Waals surface area contributed by atoms with Gasteiger partial charge in [-0.2, -0.15) is 0 Å². The average Bonchev–Trinajstić information content (AvgIpc) is 2.08. The van der Waals surface area contributed by atoms with Gasteiger partial charge < -0.3 is 0 Å². The van der Waals surface area contributed by atoms with Crippen LogP contribution in [-0.2, 0) is 0 Å². The molecule has 0 bridgehead atoms. The molecule has 0 saturated heterocycles. The second-order valence-corrected chi connectivity index (χ2v) is 3.44. The molecule has 0 amide bonds. The molecular weight excluding hydrogens is 309 g/mol. The molecule has 0 unspecified atom stereocenters. The second kappa shape index (κ2) is 4.05. The first-order valence-corrected chi connectivity index (χ1v) is 4.49. The molecule has 0 fully saturated rings. The lowest BCUT2D eigenvalue weighted by atomic mass is 10.3. The first-order valence-electron chi connectivity index (χ1n) is 3.03. The van der Waals surface area contributed by atoms with Crippen molar-refractivity contribution in [3.05, 3.63) is 23.0 Å². The summed E-state index contributed by atoms with van der Waals surface area (Å²) in [4.78, 5) is 6.89.